The summed E-state index contributed by atoms with van der Waals surface area (Å²) in [6.07, 6.45) is 5.67. The van der Waals surface area contributed by atoms with E-state index in [-0.39, 0.29) is 17.1 Å². The molecule has 4 rings (SSSR count). The van der Waals surface area contributed by atoms with Crippen molar-refractivity contribution >= 4 is 11.6 Å². The minimum atomic E-state index is -1.29. The number of carbonyl (C=O) groups is 2. The van der Waals surface area contributed by atoms with Gasteiger partial charge in [-0.05, 0) is 74.5 Å². The molecule has 0 unspecified atom stereocenters. The van der Waals surface area contributed by atoms with Gasteiger partial charge in [-0.1, -0.05) is 13.8 Å². The van der Waals surface area contributed by atoms with Crippen LogP contribution < -0.4 is 0 Å². The van der Waals surface area contributed by atoms with Crippen molar-refractivity contribution in [2.45, 2.75) is 83.8 Å². The highest BCUT2D eigenvalue weighted by Crippen LogP contribution is 2.68. The van der Waals surface area contributed by atoms with E-state index in [1.54, 1.807) is 0 Å². The van der Waals surface area contributed by atoms with Crippen LogP contribution in [0, 0.1) is 34.5 Å². The first-order chi connectivity index (χ1) is 11.6. The van der Waals surface area contributed by atoms with E-state index in [9.17, 15) is 19.8 Å². The first-order valence-corrected chi connectivity index (χ1v) is 10.1. The Labute approximate surface area is 150 Å². The number of aliphatic hydroxyl groups is 2. The fraction of sp³-hybridized carbons (Fsp3) is 0.905. The molecular formula is C21H32O4. The lowest BCUT2D eigenvalue weighted by atomic mass is 9.43. The standard InChI is InChI=1S/C21H32O4/c1-12(22)21(25)9-7-16-15-5-4-13-10-14(23)6-8-19(13,2)18(15)17(24)11-20(16,21)3/h13,15-18,24-25H,4-11H2,1-3H3/t13-,15-,16-,17+,18+,19-,20-,21-/m0/s1. The smallest absolute Gasteiger partial charge is 0.161 e. The zero-order valence-electron chi connectivity index (χ0n) is 15.8. The third-order valence-corrected chi connectivity index (χ3v) is 9.15. The molecule has 4 heteroatoms. The SMILES string of the molecule is CC(=O)[C@@]1(O)CC[C@H]2[C@@H]3CC[C@H]4CC(=O)CC[C@]4(C)[C@H]3[C@H](O)C[C@@]21C. The number of aliphatic hydroxyl groups excluding tert-OH is 1. The molecule has 0 saturated heterocycles. The Balaban J connectivity index is 1.71. The first-order valence-electron chi connectivity index (χ1n) is 10.1. The Kier molecular flexibility index (Phi) is 3.81. The average Bonchev–Trinajstić information content (AvgIpc) is 2.80. The average molecular weight is 348 g/mol. The molecule has 4 fully saturated rings. The number of rotatable bonds is 1. The molecule has 140 valence electrons. The zero-order valence-corrected chi connectivity index (χ0v) is 15.8. The molecule has 0 aliphatic heterocycles. The highest BCUT2D eigenvalue weighted by molar-refractivity contribution is 5.86. The minimum Gasteiger partial charge on any atom is -0.393 e. The molecule has 0 radical (unpaired) electrons. The van der Waals surface area contributed by atoms with Crippen LogP contribution in [0.4, 0.5) is 0 Å². The Morgan fingerprint density at radius 3 is 2.56 bits per heavy atom. The fourth-order valence-corrected chi connectivity index (χ4v) is 7.75. The van der Waals surface area contributed by atoms with Crippen LogP contribution in [0.2, 0.25) is 0 Å². The van der Waals surface area contributed by atoms with Crippen molar-refractivity contribution in [3.8, 4) is 0 Å². The van der Waals surface area contributed by atoms with Crippen molar-refractivity contribution in [2.75, 3.05) is 0 Å². The van der Waals surface area contributed by atoms with Gasteiger partial charge in [-0.15, -0.1) is 0 Å². The molecule has 0 bridgehead atoms. The number of carbonyl (C=O) groups excluding carboxylic acids is 2. The van der Waals surface area contributed by atoms with Crippen LogP contribution in [0.25, 0.3) is 0 Å². The van der Waals surface area contributed by atoms with Gasteiger partial charge < -0.3 is 10.2 Å². The summed E-state index contributed by atoms with van der Waals surface area (Å²) in [5, 5.41) is 22.4. The van der Waals surface area contributed by atoms with Gasteiger partial charge in [-0.25, -0.2) is 0 Å². The maximum Gasteiger partial charge on any atom is 0.161 e. The molecule has 0 aromatic rings. The maximum atomic E-state index is 12.3. The molecule has 8 atom stereocenters. The summed E-state index contributed by atoms with van der Waals surface area (Å²) >= 11 is 0. The topological polar surface area (TPSA) is 74.6 Å². The van der Waals surface area contributed by atoms with Crippen molar-refractivity contribution in [3.05, 3.63) is 0 Å². The lowest BCUT2D eigenvalue weighted by molar-refractivity contribution is -0.197. The number of Topliss-reactive ketones (excluding diaryl/α,β-unsaturated/α-hetero) is 2. The fourth-order valence-electron chi connectivity index (χ4n) is 7.75. The molecule has 2 N–H and O–H groups in total. The predicted octanol–water partition coefficient (Wildman–Crippen LogP) is 2.89. The third kappa shape index (κ3) is 2.13. The van der Waals surface area contributed by atoms with E-state index in [0.29, 0.717) is 49.2 Å². The van der Waals surface area contributed by atoms with Gasteiger partial charge in [0.25, 0.3) is 0 Å². The molecule has 0 aromatic heterocycles. The molecule has 4 nitrogen and oxygen atoms in total. The van der Waals surface area contributed by atoms with E-state index >= 15 is 0 Å². The minimum absolute atomic E-state index is 0.0223. The normalized spacial score (nSPS) is 55.2. The Morgan fingerprint density at radius 2 is 1.88 bits per heavy atom. The van der Waals surface area contributed by atoms with Gasteiger partial charge in [-0.2, -0.15) is 0 Å². The van der Waals surface area contributed by atoms with Crippen LogP contribution in [0.1, 0.15) is 72.1 Å². The predicted molar refractivity (Wildman–Crippen MR) is 93.8 cm³/mol. The first kappa shape index (κ1) is 17.7. The summed E-state index contributed by atoms with van der Waals surface area (Å²) in [6.45, 7) is 5.82. The van der Waals surface area contributed by atoms with E-state index in [2.05, 4.69) is 6.92 Å². The monoisotopic (exact) mass is 348 g/mol. The lowest BCUT2D eigenvalue weighted by Gasteiger charge is -2.62. The van der Waals surface area contributed by atoms with Crippen molar-refractivity contribution < 1.29 is 19.8 Å². The van der Waals surface area contributed by atoms with Crippen LogP contribution in [0.5, 0.6) is 0 Å². The van der Waals surface area contributed by atoms with Gasteiger partial charge in [0.1, 0.15) is 11.4 Å². The molecule has 0 amide bonds. The van der Waals surface area contributed by atoms with Crippen molar-refractivity contribution in [3.63, 3.8) is 0 Å². The Morgan fingerprint density at radius 1 is 1.16 bits per heavy atom. The zero-order chi connectivity index (χ0) is 18.2. The van der Waals surface area contributed by atoms with Crippen LogP contribution in [0.3, 0.4) is 0 Å². The van der Waals surface area contributed by atoms with Crippen molar-refractivity contribution in [2.24, 2.45) is 34.5 Å². The maximum absolute atomic E-state index is 12.3. The molecule has 4 saturated carbocycles. The number of hydrogen-bond acceptors (Lipinski definition) is 4. The quantitative estimate of drug-likeness (QED) is 0.764. The number of fused-ring (bicyclic) bond motifs is 5. The Bertz CT molecular complexity index is 615. The van der Waals surface area contributed by atoms with Crippen LogP contribution in [-0.4, -0.2) is 33.5 Å². The number of ketones is 2. The molecule has 0 spiro atoms. The highest BCUT2D eigenvalue weighted by Gasteiger charge is 2.68. The summed E-state index contributed by atoms with van der Waals surface area (Å²) in [4.78, 5) is 24.2. The van der Waals surface area contributed by atoms with Gasteiger partial charge in [-0.3, -0.25) is 9.59 Å². The molecule has 0 heterocycles. The van der Waals surface area contributed by atoms with Crippen LogP contribution >= 0.6 is 0 Å². The van der Waals surface area contributed by atoms with Crippen LogP contribution in [0.15, 0.2) is 0 Å². The van der Waals surface area contributed by atoms with Gasteiger partial charge in [0, 0.05) is 18.3 Å². The summed E-state index contributed by atoms with van der Waals surface area (Å²) in [7, 11) is 0. The van der Waals surface area contributed by atoms with Crippen LogP contribution in [-0.2, 0) is 9.59 Å². The third-order valence-electron chi connectivity index (χ3n) is 9.15. The van der Waals surface area contributed by atoms with Gasteiger partial charge >= 0.3 is 0 Å². The van der Waals surface area contributed by atoms with Gasteiger partial charge in [0.2, 0.25) is 0 Å². The van der Waals surface area contributed by atoms with Gasteiger partial charge in [0.05, 0.1) is 6.10 Å². The van der Waals surface area contributed by atoms with E-state index in [4.69, 9.17) is 0 Å². The molecule has 4 aliphatic rings. The second-order valence-electron chi connectivity index (χ2n) is 9.96. The summed E-state index contributed by atoms with van der Waals surface area (Å²) < 4.78 is 0. The summed E-state index contributed by atoms with van der Waals surface area (Å²) in [5.74, 6) is 1.48. The van der Waals surface area contributed by atoms with E-state index in [1.807, 2.05) is 6.92 Å². The summed E-state index contributed by atoms with van der Waals surface area (Å²) in [6, 6.07) is 0. The van der Waals surface area contributed by atoms with Gasteiger partial charge in [0.15, 0.2) is 5.78 Å². The molecule has 4 aliphatic carbocycles. The largest absolute Gasteiger partial charge is 0.393 e. The highest BCUT2D eigenvalue weighted by atomic mass is 16.3. The molecular weight excluding hydrogens is 316 g/mol. The molecule has 25 heavy (non-hydrogen) atoms. The van der Waals surface area contributed by atoms with Crippen molar-refractivity contribution in [1.29, 1.82) is 0 Å². The molecule has 0 aromatic carbocycles. The second kappa shape index (κ2) is 5.39. The lowest BCUT2D eigenvalue weighted by Crippen LogP contribution is -2.62. The Hall–Kier alpha value is -0.740. The second-order valence-corrected chi connectivity index (χ2v) is 9.96. The van der Waals surface area contributed by atoms with E-state index < -0.39 is 17.1 Å². The van der Waals surface area contributed by atoms with E-state index in [0.717, 1.165) is 25.7 Å². The summed E-state index contributed by atoms with van der Waals surface area (Å²) in [5.41, 5.74) is -1.79. The number of hydrogen-bond donors (Lipinski definition) is 2. The van der Waals surface area contributed by atoms with Crippen molar-refractivity contribution in [1.82, 2.24) is 0 Å². The van der Waals surface area contributed by atoms with E-state index in [1.165, 1.54) is 6.92 Å².